The second-order valence-corrected chi connectivity index (χ2v) is 5.40. The summed E-state index contributed by atoms with van der Waals surface area (Å²) in [6, 6.07) is 7.08. The highest BCUT2D eigenvalue weighted by Crippen LogP contribution is 2.36. The highest BCUT2D eigenvalue weighted by molar-refractivity contribution is 9.10. The Bertz CT molecular complexity index is 489. The van der Waals surface area contributed by atoms with Crippen LogP contribution in [-0.4, -0.2) is 28.9 Å². The van der Waals surface area contributed by atoms with Gasteiger partial charge in [0.25, 0.3) is 0 Å². The second kappa shape index (κ2) is 5.10. The number of carboxylic acid groups (broad SMARTS) is 1. The average molecular weight is 312 g/mol. The summed E-state index contributed by atoms with van der Waals surface area (Å²) >= 11 is 3.37. The maximum absolute atomic E-state index is 11.8. The molecular weight excluding hydrogens is 298 g/mol. The molecule has 2 atom stereocenters. The van der Waals surface area contributed by atoms with Crippen LogP contribution in [0.2, 0.25) is 0 Å². The summed E-state index contributed by atoms with van der Waals surface area (Å²) in [5, 5.41) is 9.29. The highest BCUT2D eigenvalue weighted by Gasteiger charge is 2.38. The van der Waals surface area contributed by atoms with E-state index in [4.69, 9.17) is 0 Å². The van der Waals surface area contributed by atoms with E-state index in [0.29, 0.717) is 12.8 Å². The summed E-state index contributed by atoms with van der Waals surface area (Å²) < 4.78 is 0.885. The molecule has 0 spiro atoms. The van der Waals surface area contributed by atoms with Gasteiger partial charge in [0.05, 0.1) is 12.0 Å². The van der Waals surface area contributed by atoms with Gasteiger partial charge in [0.15, 0.2) is 0 Å². The predicted molar refractivity (Wildman–Crippen MR) is 70.0 cm³/mol. The largest absolute Gasteiger partial charge is 0.481 e. The molecule has 1 aromatic rings. The van der Waals surface area contributed by atoms with E-state index in [1.54, 1.807) is 11.9 Å². The molecule has 0 aliphatic carbocycles. The zero-order valence-corrected chi connectivity index (χ0v) is 11.6. The molecule has 1 aliphatic rings. The molecule has 2 unspecified atom stereocenters. The summed E-state index contributed by atoms with van der Waals surface area (Å²) in [6.45, 7) is 0. The molecule has 96 valence electrons. The van der Waals surface area contributed by atoms with Crippen LogP contribution in [0.5, 0.6) is 0 Å². The van der Waals surface area contributed by atoms with Crippen molar-refractivity contribution >= 4 is 27.8 Å². The highest BCUT2D eigenvalue weighted by atomic mass is 79.9. The number of carboxylic acids is 1. The number of amides is 1. The molecule has 1 amide bonds. The van der Waals surface area contributed by atoms with Gasteiger partial charge in [-0.2, -0.15) is 0 Å². The van der Waals surface area contributed by atoms with Crippen LogP contribution in [0, 0.1) is 5.92 Å². The van der Waals surface area contributed by atoms with Crippen LogP contribution in [0.3, 0.4) is 0 Å². The first-order chi connectivity index (χ1) is 8.50. The summed E-state index contributed by atoms with van der Waals surface area (Å²) in [6.07, 6.45) is 0.702. The van der Waals surface area contributed by atoms with E-state index in [9.17, 15) is 14.7 Å². The minimum Gasteiger partial charge on any atom is -0.481 e. The van der Waals surface area contributed by atoms with Crippen molar-refractivity contribution in [3.05, 3.63) is 34.3 Å². The number of carbonyl (C=O) groups excluding carboxylic acids is 1. The molecule has 0 radical (unpaired) electrons. The molecule has 4 nitrogen and oxygen atoms in total. The quantitative estimate of drug-likeness (QED) is 0.912. The van der Waals surface area contributed by atoms with Crippen molar-refractivity contribution in [1.82, 2.24) is 4.90 Å². The zero-order valence-electron chi connectivity index (χ0n) is 9.97. The third-order valence-electron chi connectivity index (χ3n) is 3.37. The van der Waals surface area contributed by atoms with Crippen LogP contribution in [0.25, 0.3) is 0 Å². The molecule has 1 saturated heterocycles. The summed E-state index contributed by atoms with van der Waals surface area (Å²) in [5.74, 6) is -1.39. The number of aliphatic carboxylic acids is 1. The SMILES string of the molecule is CN1C(=O)CCC(C(=O)O)C1c1cccc(Br)c1. The van der Waals surface area contributed by atoms with Crippen molar-refractivity contribution in [2.75, 3.05) is 7.05 Å². The van der Waals surface area contributed by atoms with E-state index in [1.165, 1.54) is 0 Å². The van der Waals surface area contributed by atoms with Crippen LogP contribution in [-0.2, 0) is 9.59 Å². The second-order valence-electron chi connectivity index (χ2n) is 4.49. The van der Waals surface area contributed by atoms with Crippen LogP contribution >= 0.6 is 15.9 Å². The molecule has 1 aromatic carbocycles. The third-order valence-corrected chi connectivity index (χ3v) is 3.86. The van der Waals surface area contributed by atoms with Gasteiger partial charge in [-0.25, -0.2) is 0 Å². The number of benzene rings is 1. The van der Waals surface area contributed by atoms with E-state index >= 15 is 0 Å². The Kier molecular flexibility index (Phi) is 3.71. The van der Waals surface area contributed by atoms with Crippen molar-refractivity contribution in [3.8, 4) is 0 Å². The number of hydrogen-bond acceptors (Lipinski definition) is 2. The summed E-state index contributed by atoms with van der Waals surface area (Å²) in [4.78, 5) is 24.6. The number of halogens is 1. The Morgan fingerprint density at radius 1 is 1.50 bits per heavy atom. The van der Waals surface area contributed by atoms with Gasteiger partial charge >= 0.3 is 5.97 Å². The van der Waals surface area contributed by atoms with Crippen LogP contribution in [0.15, 0.2) is 28.7 Å². The normalized spacial score (nSPS) is 24.1. The van der Waals surface area contributed by atoms with Gasteiger partial charge in [-0.15, -0.1) is 0 Å². The first-order valence-corrected chi connectivity index (χ1v) is 6.54. The van der Waals surface area contributed by atoms with Gasteiger partial charge in [-0.1, -0.05) is 28.1 Å². The molecule has 0 saturated carbocycles. The van der Waals surface area contributed by atoms with Crippen molar-refractivity contribution in [2.45, 2.75) is 18.9 Å². The lowest BCUT2D eigenvalue weighted by atomic mass is 9.85. The standard InChI is InChI=1S/C13H14BrNO3/c1-15-11(16)6-5-10(13(17)18)12(15)8-3-2-4-9(14)7-8/h2-4,7,10,12H,5-6H2,1H3,(H,17,18). The predicted octanol–water partition coefficient (Wildman–Crippen LogP) is 2.44. The molecule has 1 N–H and O–H groups in total. The van der Waals surface area contributed by atoms with E-state index in [-0.39, 0.29) is 11.9 Å². The number of hydrogen-bond donors (Lipinski definition) is 1. The van der Waals surface area contributed by atoms with Crippen LogP contribution in [0.1, 0.15) is 24.4 Å². The Labute approximate surface area is 114 Å². The van der Waals surface area contributed by atoms with Gasteiger partial charge in [-0.3, -0.25) is 9.59 Å². The van der Waals surface area contributed by atoms with Crippen molar-refractivity contribution in [2.24, 2.45) is 5.92 Å². The van der Waals surface area contributed by atoms with Gasteiger partial charge < -0.3 is 10.0 Å². The van der Waals surface area contributed by atoms with Gasteiger partial charge in [0.1, 0.15) is 0 Å². The molecule has 1 aliphatic heterocycles. The molecule has 0 bridgehead atoms. The minimum atomic E-state index is -0.848. The molecule has 1 fully saturated rings. The number of likely N-dealkylation sites (tertiary alicyclic amines) is 1. The van der Waals surface area contributed by atoms with E-state index in [0.717, 1.165) is 10.0 Å². The van der Waals surface area contributed by atoms with Gasteiger partial charge in [0.2, 0.25) is 5.91 Å². The zero-order chi connectivity index (χ0) is 13.3. The molecule has 5 heteroatoms. The maximum atomic E-state index is 11.8. The topological polar surface area (TPSA) is 57.6 Å². The molecule has 1 heterocycles. The summed E-state index contributed by atoms with van der Waals surface area (Å²) in [5.41, 5.74) is 0.854. The van der Waals surface area contributed by atoms with Gasteiger partial charge in [-0.05, 0) is 24.1 Å². The van der Waals surface area contributed by atoms with Crippen LogP contribution < -0.4 is 0 Å². The van der Waals surface area contributed by atoms with Crippen LogP contribution in [0.4, 0.5) is 0 Å². The number of carbonyl (C=O) groups is 2. The van der Waals surface area contributed by atoms with Crippen molar-refractivity contribution < 1.29 is 14.7 Å². The van der Waals surface area contributed by atoms with Crippen molar-refractivity contribution in [1.29, 1.82) is 0 Å². The third kappa shape index (κ3) is 2.41. The average Bonchev–Trinajstić information content (AvgIpc) is 2.32. The smallest absolute Gasteiger partial charge is 0.308 e. The summed E-state index contributed by atoms with van der Waals surface area (Å²) in [7, 11) is 1.67. The monoisotopic (exact) mass is 311 g/mol. The fourth-order valence-corrected chi connectivity index (χ4v) is 2.86. The number of nitrogens with zero attached hydrogens (tertiary/aromatic N) is 1. The number of rotatable bonds is 2. The minimum absolute atomic E-state index is 0.00234. The number of piperidine rings is 1. The fourth-order valence-electron chi connectivity index (χ4n) is 2.44. The van der Waals surface area contributed by atoms with E-state index in [1.807, 2.05) is 24.3 Å². The first kappa shape index (κ1) is 13.1. The maximum Gasteiger partial charge on any atom is 0.308 e. The fraction of sp³-hybridized carbons (Fsp3) is 0.385. The molecule has 18 heavy (non-hydrogen) atoms. The Hall–Kier alpha value is -1.36. The van der Waals surface area contributed by atoms with Crippen molar-refractivity contribution in [3.63, 3.8) is 0 Å². The lowest BCUT2D eigenvalue weighted by Gasteiger charge is -2.37. The molecular formula is C13H14BrNO3. The van der Waals surface area contributed by atoms with E-state index in [2.05, 4.69) is 15.9 Å². The van der Waals surface area contributed by atoms with Gasteiger partial charge in [0, 0.05) is 17.9 Å². The Morgan fingerprint density at radius 3 is 2.83 bits per heavy atom. The molecule has 0 aromatic heterocycles. The lowest BCUT2D eigenvalue weighted by molar-refractivity contribution is -0.150. The lowest BCUT2D eigenvalue weighted by Crippen LogP contribution is -2.42. The van der Waals surface area contributed by atoms with E-state index < -0.39 is 11.9 Å². The Morgan fingerprint density at radius 2 is 2.22 bits per heavy atom. The first-order valence-electron chi connectivity index (χ1n) is 5.74. The Balaban J connectivity index is 2.41. The molecule has 2 rings (SSSR count).